The second-order valence-electron chi connectivity index (χ2n) is 5.65. The van der Waals surface area contributed by atoms with E-state index < -0.39 is 0 Å². The molecule has 1 aliphatic rings. The maximum Gasteiger partial charge on any atom is 0.276 e. The van der Waals surface area contributed by atoms with Crippen LogP contribution in [0.25, 0.3) is 0 Å². The van der Waals surface area contributed by atoms with E-state index in [-0.39, 0.29) is 11.8 Å². The van der Waals surface area contributed by atoms with Gasteiger partial charge in [-0.3, -0.25) is 4.79 Å². The van der Waals surface area contributed by atoms with Crippen molar-refractivity contribution in [3.8, 4) is 5.75 Å². The lowest BCUT2D eigenvalue weighted by molar-refractivity contribution is 0.0716. The summed E-state index contributed by atoms with van der Waals surface area (Å²) < 4.78 is 10.1. The molecule has 7 heteroatoms. The number of aromatic amines is 1. The Morgan fingerprint density at radius 3 is 2.88 bits per heavy atom. The van der Waals surface area contributed by atoms with E-state index in [1.165, 1.54) is 12.7 Å². The number of rotatable bonds is 3. The van der Waals surface area contributed by atoms with Crippen molar-refractivity contribution in [2.45, 2.75) is 12.5 Å². The molecule has 1 atom stereocenters. The number of carbonyl (C=O) groups excluding carboxylic acids is 1. The third-order valence-electron chi connectivity index (χ3n) is 4.29. The summed E-state index contributed by atoms with van der Waals surface area (Å²) in [5.74, 6) is 0.650. The van der Waals surface area contributed by atoms with Crippen LogP contribution in [-0.2, 0) is 6.54 Å². The van der Waals surface area contributed by atoms with Gasteiger partial charge in [-0.05, 0) is 17.7 Å². The quantitative estimate of drug-likeness (QED) is 0.798. The summed E-state index contributed by atoms with van der Waals surface area (Å²) >= 11 is 0. The third kappa shape index (κ3) is 2.44. The number of fused-ring (bicyclic) bond motifs is 1. The zero-order chi connectivity index (χ0) is 16.5. The van der Waals surface area contributed by atoms with E-state index in [9.17, 15) is 4.79 Å². The summed E-state index contributed by atoms with van der Waals surface area (Å²) in [6.45, 7) is 1.02. The minimum atomic E-state index is -0.150. The molecule has 24 heavy (non-hydrogen) atoms. The summed E-state index contributed by atoms with van der Waals surface area (Å²) in [5, 5.41) is 0. The molecular formula is C17H16N4O3. The first-order chi connectivity index (χ1) is 11.8. The van der Waals surface area contributed by atoms with Gasteiger partial charge < -0.3 is 19.0 Å². The second-order valence-corrected chi connectivity index (χ2v) is 5.65. The van der Waals surface area contributed by atoms with Crippen LogP contribution in [0, 0.1) is 0 Å². The molecule has 4 rings (SSSR count). The Bertz CT molecular complexity index is 839. The highest BCUT2D eigenvalue weighted by molar-refractivity contribution is 5.92. The summed E-state index contributed by atoms with van der Waals surface area (Å²) in [7, 11) is 1.64. The average Bonchev–Trinajstić information content (AvgIpc) is 3.31. The van der Waals surface area contributed by atoms with Gasteiger partial charge in [-0.2, -0.15) is 0 Å². The van der Waals surface area contributed by atoms with Crippen molar-refractivity contribution in [1.29, 1.82) is 0 Å². The van der Waals surface area contributed by atoms with Crippen molar-refractivity contribution >= 4 is 5.91 Å². The third-order valence-corrected chi connectivity index (χ3v) is 4.29. The highest BCUT2D eigenvalue weighted by Gasteiger charge is 2.32. The van der Waals surface area contributed by atoms with Crippen LogP contribution >= 0.6 is 0 Å². The summed E-state index contributed by atoms with van der Waals surface area (Å²) in [6, 6.07) is 7.85. The van der Waals surface area contributed by atoms with Gasteiger partial charge in [0, 0.05) is 12.5 Å². The molecule has 1 N–H and O–H groups in total. The van der Waals surface area contributed by atoms with Crippen molar-refractivity contribution in [2.75, 3.05) is 13.7 Å². The van der Waals surface area contributed by atoms with Gasteiger partial charge in [0.05, 0.1) is 31.4 Å². The van der Waals surface area contributed by atoms with Crippen molar-refractivity contribution in [3.05, 3.63) is 65.9 Å². The number of nitrogens with zero attached hydrogens (tertiary/aromatic N) is 3. The number of hydrogen-bond acceptors (Lipinski definition) is 5. The van der Waals surface area contributed by atoms with Gasteiger partial charge in [-0.25, -0.2) is 9.97 Å². The molecule has 7 nitrogen and oxygen atoms in total. The van der Waals surface area contributed by atoms with Crippen LogP contribution in [0.3, 0.4) is 0 Å². The molecule has 0 saturated heterocycles. The van der Waals surface area contributed by atoms with Gasteiger partial charge in [0.1, 0.15) is 12.0 Å². The van der Waals surface area contributed by atoms with Crippen LogP contribution in [0.15, 0.2) is 47.7 Å². The zero-order valence-corrected chi connectivity index (χ0v) is 13.1. The van der Waals surface area contributed by atoms with Gasteiger partial charge in [-0.1, -0.05) is 12.1 Å². The van der Waals surface area contributed by atoms with Gasteiger partial charge in [0.15, 0.2) is 12.1 Å². The van der Waals surface area contributed by atoms with Crippen LogP contribution < -0.4 is 4.74 Å². The minimum Gasteiger partial charge on any atom is -0.497 e. The van der Waals surface area contributed by atoms with E-state index in [1.54, 1.807) is 18.3 Å². The van der Waals surface area contributed by atoms with Crippen molar-refractivity contribution in [2.24, 2.45) is 0 Å². The maximum absolute atomic E-state index is 12.6. The molecule has 0 fully saturated rings. The van der Waals surface area contributed by atoms with Gasteiger partial charge in [0.25, 0.3) is 5.91 Å². The normalized spacial score (nSPS) is 16.7. The lowest BCUT2D eigenvalue weighted by Gasteiger charge is -2.31. The molecule has 1 aliphatic heterocycles. The highest BCUT2D eigenvalue weighted by Crippen LogP contribution is 2.32. The fourth-order valence-corrected chi connectivity index (χ4v) is 3.06. The molecule has 1 aromatic carbocycles. The number of ether oxygens (including phenoxy) is 1. The Morgan fingerprint density at radius 2 is 2.17 bits per heavy atom. The molecule has 122 valence electrons. The van der Waals surface area contributed by atoms with Gasteiger partial charge in [-0.15, -0.1) is 0 Å². The van der Waals surface area contributed by atoms with Gasteiger partial charge >= 0.3 is 0 Å². The Kier molecular flexibility index (Phi) is 3.53. The molecule has 2 aromatic heterocycles. The number of amides is 1. The molecule has 0 spiro atoms. The molecule has 1 amide bonds. The first-order valence-corrected chi connectivity index (χ1v) is 7.60. The Balaban J connectivity index is 1.67. The lowest BCUT2D eigenvalue weighted by atomic mass is 9.90. The predicted octanol–water partition coefficient (Wildman–Crippen LogP) is 2.19. The molecule has 3 heterocycles. The largest absolute Gasteiger partial charge is 0.497 e. The number of imidazole rings is 1. The van der Waals surface area contributed by atoms with Crippen molar-refractivity contribution in [3.63, 3.8) is 0 Å². The second kappa shape index (κ2) is 5.84. The number of hydrogen-bond donors (Lipinski definition) is 1. The lowest BCUT2D eigenvalue weighted by Crippen LogP contribution is -2.38. The monoisotopic (exact) mass is 324 g/mol. The number of aromatic nitrogens is 3. The SMILES string of the molecule is COc1ccc(C2CN(C(=O)c3cocn3)Cc3[nH]cnc32)cc1. The van der Waals surface area contributed by atoms with E-state index in [1.807, 2.05) is 24.3 Å². The summed E-state index contributed by atoms with van der Waals surface area (Å²) in [6.07, 6.45) is 4.30. The molecule has 1 unspecified atom stereocenters. The van der Waals surface area contributed by atoms with E-state index in [2.05, 4.69) is 15.0 Å². The first kappa shape index (κ1) is 14.5. The van der Waals surface area contributed by atoms with Gasteiger partial charge in [0.2, 0.25) is 0 Å². The number of benzene rings is 1. The number of methoxy groups -OCH3 is 1. The predicted molar refractivity (Wildman–Crippen MR) is 84.7 cm³/mol. The van der Waals surface area contributed by atoms with Crippen molar-refractivity contribution < 1.29 is 13.9 Å². The minimum absolute atomic E-state index is 0.00163. The molecule has 0 radical (unpaired) electrons. The molecule has 0 bridgehead atoms. The number of oxazole rings is 1. The molecule has 3 aromatic rings. The van der Waals surface area contributed by atoms with Crippen LogP contribution in [0.4, 0.5) is 0 Å². The topological polar surface area (TPSA) is 84.2 Å². The molecule has 0 saturated carbocycles. The Hall–Kier alpha value is -3.09. The summed E-state index contributed by atoms with van der Waals surface area (Å²) in [4.78, 5) is 25.9. The molecular weight excluding hydrogens is 308 g/mol. The van der Waals surface area contributed by atoms with Crippen LogP contribution in [0.5, 0.6) is 5.75 Å². The van der Waals surface area contributed by atoms with Crippen LogP contribution in [-0.4, -0.2) is 39.4 Å². The Morgan fingerprint density at radius 1 is 1.33 bits per heavy atom. The number of H-pyrrole nitrogens is 1. The van der Waals surface area contributed by atoms with E-state index in [0.717, 1.165) is 22.7 Å². The fourth-order valence-electron chi connectivity index (χ4n) is 3.06. The summed E-state index contributed by atoms with van der Waals surface area (Å²) in [5.41, 5.74) is 3.32. The smallest absolute Gasteiger partial charge is 0.276 e. The average molecular weight is 324 g/mol. The highest BCUT2D eigenvalue weighted by atomic mass is 16.5. The fraction of sp³-hybridized carbons (Fsp3) is 0.235. The standard InChI is InChI=1S/C17H16N4O3/c1-23-12-4-2-11(3-5-12)13-6-21(7-14-16(13)19-9-18-14)17(22)15-8-24-10-20-15/h2-5,8-10,13H,6-7H2,1H3,(H,18,19). The van der Waals surface area contributed by atoms with Crippen LogP contribution in [0.2, 0.25) is 0 Å². The van der Waals surface area contributed by atoms with Crippen molar-refractivity contribution in [1.82, 2.24) is 19.9 Å². The Labute approximate surface area is 138 Å². The van der Waals surface area contributed by atoms with E-state index in [4.69, 9.17) is 9.15 Å². The maximum atomic E-state index is 12.6. The van der Waals surface area contributed by atoms with E-state index >= 15 is 0 Å². The van der Waals surface area contributed by atoms with E-state index in [0.29, 0.717) is 18.8 Å². The van der Waals surface area contributed by atoms with Crippen LogP contribution in [0.1, 0.15) is 33.4 Å². The number of carbonyl (C=O) groups is 1. The zero-order valence-electron chi connectivity index (χ0n) is 13.1. The number of nitrogens with one attached hydrogen (secondary N) is 1. The molecule has 0 aliphatic carbocycles. The first-order valence-electron chi connectivity index (χ1n) is 7.60.